The molecule has 0 aliphatic heterocycles. The third-order valence-electron chi connectivity index (χ3n) is 7.58. The Morgan fingerprint density at radius 3 is 1.17 bits per heavy atom. The molecule has 5 aromatic carbocycles. The molecule has 4 heteroatoms. The van der Waals surface area contributed by atoms with E-state index < -0.39 is 7.26 Å². The Bertz CT molecular complexity index is 1280. The zero-order valence-electron chi connectivity index (χ0n) is 24.3. The Labute approximate surface area is 252 Å². The minimum atomic E-state index is -1.87. The quantitative estimate of drug-likeness (QED) is 0.0965. The van der Waals surface area contributed by atoms with Crippen molar-refractivity contribution in [3.63, 3.8) is 0 Å². The van der Waals surface area contributed by atoms with Crippen molar-refractivity contribution in [1.29, 1.82) is 0 Å². The van der Waals surface area contributed by atoms with Crippen molar-refractivity contribution in [3.8, 4) is 0 Å². The van der Waals surface area contributed by atoms with Gasteiger partial charge in [0.25, 0.3) is 0 Å². The van der Waals surface area contributed by atoms with Crippen LogP contribution in [-0.2, 0) is 22.6 Å². The van der Waals surface area contributed by atoms with Gasteiger partial charge in [-0.1, -0.05) is 115 Å². The first-order chi connectivity index (χ1) is 20.8. The smallest absolute Gasteiger partial charge is 0.114 e. The van der Waals surface area contributed by atoms with Gasteiger partial charge in [-0.3, -0.25) is 4.90 Å². The van der Waals surface area contributed by atoms with Crippen LogP contribution in [0.15, 0.2) is 152 Å². The molecule has 0 fully saturated rings. The van der Waals surface area contributed by atoms with Crippen molar-refractivity contribution >= 4 is 23.2 Å². The van der Waals surface area contributed by atoms with Gasteiger partial charge in [0.1, 0.15) is 23.2 Å². The highest BCUT2D eigenvalue weighted by molar-refractivity contribution is 7.95. The number of hydrogen-bond acceptors (Lipinski definition) is 3. The fourth-order valence-corrected chi connectivity index (χ4v) is 9.61. The predicted molar refractivity (Wildman–Crippen MR) is 179 cm³/mol. The Balaban J connectivity index is 1.16. The van der Waals surface area contributed by atoms with Crippen molar-refractivity contribution in [2.75, 3.05) is 39.1 Å². The van der Waals surface area contributed by atoms with Gasteiger partial charge in [0.05, 0.1) is 32.6 Å². The molecule has 0 atom stereocenters. The molecular weight excluding hydrogens is 533 g/mol. The SMILES string of the molecule is c1ccc(CN(CCOCCOCC[P+](c2ccccc2)(c2ccccc2)c2ccccc2)Cc2ccccc2)cc1. The first kappa shape index (κ1) is 29.9. The zero-order chi connectivity index (χ0) is 28.7. The minimum absolute atomic E-state index is 0.593. The van der Waals surface area contributed by atoms with E-state index in [2.05, 4.69) is 157 Å². The van der Waals surface area contributed by atoms with Crippen LogP contribution in [0, 0.1) is 0 Å². The van der Waals surface area contributed by atoms with Gasteiger partial charge < -0.3 is 9.47 Å². The Hall–Kier alpha value is -3.59. The lowest BCUT2D eigenvalue weighted by molar-refractivity contribution is 0.0415. The summed E-state index contributed by atoms with van der Waals surface area (Å²) in [6.45, 7) is 5.23. The van der Waals surface area contributed by atoms with Gasteiger partial charge >= 0.3 is 0 Å². The highest BCUT2D eigenvalue weighted by Gasteiger charge is 2.44. The van der Waals surface area contributed by atoms with Crippen LogP contribution in [0.2, 0.25) is 0 Å². The molecule has 0 amide bonds. The molecule has 0 radical (unpaired) electrons. The van der Waals surface area contributed by atoms with E-state index in [1.807, 2.05) is 0 Å². The number of ether oxygens (including phenoxy) is 2. The normalized spacial score (nSPS) is 11.5. The second kappa shape index (κ2) is 16.2. The Morgan fingerprint density at radius 2 is 0.762 bits per heavy atom. The van der Waals surface area contributed by atoms with Crippen molar-refractivity contribution in [2.45, 2.75) is 13.1 Å². The van der Waals surface area contributed by atoms with Gasteiger partial charge in [-0.25, -0.2) is 0 Å². The Morgan fingerprint density at radius 1 is 0.405 bits per heavy atom. The summed E-state index contributed by atoms with van der Waals surface area (Å²) >= 11 is 0. The standard InChI is InChI=1S/C38H41NO2P/c1-6-16-34(17-7-1)32-39(33-35-18-8-2-9-19-35)26-27-40-28-29-41-30-31-42(36-20-10-3-11-21-36,37-22-12-4-13-23-37)38-24-14-5-15-25-38/h1-25H,26-33H2/q+1. The molecule has 0 heterocycles. The fraction of sp³-hybridized carbons (Fsp3) is 0.211. The van der Waals surface area contributed by atoms with Crippen LogP contribution in [-0.4, -0.2) is 44.0 Å². The maximum atomic E-state index is 6.24. The maximum Gasteiger partial charge on any atom is 0.114 e. The second-order valence-corrected chi connectivity index (χ2v) is 14.1. The molecular formula is C38H41NO2P+. The van der Waals surface area contributed by atoms with Crippen LogP contribution in [0.1, 0.15) is 11.1 Å². The lowest BCUT2D eigenvalue weighted by Crippen LogP contribution is -2.34. The monoisotopic (exact) mass is 574 g/mol. The van der Waals surface area contributed by atoms with Gasteiger partial charge in [0.2, 0.25) is 0 Å². The number of benzene rings is 5. The van der Waals surface area contributed by atoms with Gasteiger partial charge in [-0.05, 0) is 47.5 Å². The van der Waals surface area contributed by atoms with Crippen molar-refractivity contribution in [2.24, 2.45) is 0 Å². The predicted octanol–water partition coefficient (Wildman–Crippen LogP) is 6.72. The van der Waals surface area contributed by atoms with Gasteiger partial charge in [-0.15, -0.1) is 0 Å². The van der Waals surface area contributed by atoms with Crippen LogP contribution < -0.4 is 15.9 Å². The highest BCUT2D eigenvalue weighted by atomic mass is 31.2. The average Bonchev–Trinajstić information content (AvgIpc) is 3.06. The lowest BCUT2D eigenvalue weighted by atomic mass is 10.1. The van der Waals surface area contributed by atoms with E-state index in [4.69, 9.17) is 9.47 Å². The molecule has 0 spiro atoms. The van der Waals surface area contributed by atoms with Crippen LogP contribution in [0.25, 0.3) is 0 Å². The van der Waals surface area contributed by atoms with Crippen LogP contribution >= 0.6 is 7.26 Å². The zero-order valence-corrected chi connectivity index (χ0v) is 25.2. The summed E-state index contributed by atoms with van der Waals surface area (Å²) in [5.74, 6) is 0. The van der Waals surface area contributed by atoms with Crippen LogP contribution in [0.5, 0.6) is 0 Å². The summed E-state index contributed by atoms with van der Waals surface area (Å²) in [6, 6.07) is 54.3. The molecule has 5 aromatic rings. The molecule has 42 heavy (non-hydrogen) atoms. The van der Waals surface area contributed by atoms with E-state index in [1.165, 1.54) is 27.0 Å². The topological polar surface area (TPSA) is 21.7 Å². The molecule has 0 bridgehead atoms. The van der Waals surface area contributed by atoms with Gasteiger partial charge in [-0.2, -0.15) is 0 Å². The van der Waals surface area contributed by atoms with Crippen molar-refractivity contribution in [3.05, 3.63) is 163 Å². The maximum absolute atomic E-state index is 6.24. The van der Waals surface area contributed by atoms with E-state index in [9.17, 15) is 0 Å². The van der Waals surface area contributed by atoms with Gasteiger partial charge in [0, 0.05) is 19.6 Å². The number of rotatable bonds is 16. The molecule has 3 nitrogen and oxygen atoms in total. The summed E-state index contributed by atoms with van der Waals surface area (Å²) in [4.78, 5) is 2.45. The molecule has 0 saturated carbocycles. The van der Waals surface area contributed by atoms with E-state index in [0.29, 0.717) is 26.4 Å². The largest absolute Gasteiger partial charge is 0.378 e. The first-order valence-electron chi connectivity index (χ1n) is 14.9. The van der Waals surface area contributed by atoms with E-state index >= 15 is 0 Å². The third-order valence-corrected chi connectivity index (χ3v) is 12.0. The molecule has 0 unspecified atom stereocenters. The molecule has 0 N–H and O–H groups in total. The summed E-state index contributed by atoms with van der Waals surface area (Å²) in [5, 5.41) is 4.16. The molecule has 0 aliphatic carbocycles. The Kier molecular flexibility index (Phi) is 11.5. The fourth-order valence-electron chi connectivity index (χ4n) is 5.50. The molecule has 0 aromatic heterocycles. The van der Waals surface area contributed by atoms with E-state index in [1.54, 1.807) is 0 Å². The second-order valence-electron chi connectivity index (χ2n) is 10.4. The number of hydrogen-bond donors (Lipinski definition) is 0. The van der Waals surface area contributed by atoms with E-state index in [0.717, 1.165) is 25.8 Å². The minimum Gasteiger partial charge on any atom is -0.378 e. The molecule has 0 saturated heterocycles. The van der Waals surface area contributed by atoms with Crippen LogP contribution in [0.4, 0.5) is 0 Å². The summed E-state index contributed by atoms with van der Waals surface area (Å²) in [6.07, 6.45) is 0.951. The molecule has 5 rings (SSSR count). The van der Waals surface area contributed by atoms with Gasteiger partial charge in [0.15, 0.2) is 0 Å². The van der Waals surface area contributed by atoms with E-state index in [-0.39, 0.29) is 0 Å². The van der Waals surface area contributed by atoms with Crippen LogP contribution in [0.3, 0.4) is 0 Å². The lowest BCUT2D eigenvalue weighted by Gasteiger charge is -2.27. The first-order valence-corrected chi connectivity index (χ1v) is 16.8. The van der Waals surface area contributed by atoms with Crippen molar-refractivity contribution < 1.29 is 9.47 Å². The molecule has 0 aliphatic rings. The highest BCUT2D eigenvalue weighted by Crippen LogP contribution is 2.54. The summed E-state index contributed by atoms with van der Waals surface area (Å²) < 4.78 is 12.3. The third kappa shape index (κ3) is 8.25. The number of nitrogens with zero attached hydrogens (tertiary/aromatic N) is 1. The average molecular weight is 575 g/mol. The summed E-state index contributed by atoms with van der Waals surface area (Å²) in [5.41, 5.74) is 2.64. The summed E-state index contributed by atoms with van der Waals surface area (Å²) in [7, 11) is -1.87. The molecule has 214 valence electrons. The van der Waals surface area contributed by atoms with Crippen molar-refractivity contribution in [1.82, 2.24) is 4.90 Å².